The Morgan fingerprint density at radius 3 is 2.62 bits per heavy atom. The Labute approximate surface area is 180 Å². The number of fused-ring (bicyclic) bond motifs is 1. The van der Waals surface area contributed by atoms with Gasteiger partial charge in [0.05, 0.1) is 17.6 Å². The van der Waals surface area contributed by atoms with Gasteiger partial charge in [-0.3, -0.25) is 9.69 Å². The van der Waals surface area contributed by atoms with Crippen LogP contribution in [-0.2, 0) is 13.1 Å². The smallest absolute Gasteiger partial charge is 0.255 e. The maximum atomic E-state index is 12.6. The molecule has 1 saturated heterocycles. The lowest BCUT2D eigenvalue weighted by molar-refractivity contribution is 0.102. The molecule has 0 aliphatic carbocycles. The zero-order valence-electron chi connectivity index (χ0n) is 16.8. The Bertz CT molecular complexity index is 1010. The molecule has 5 nitrogen and oxygen atoms in total. The molecule has 0 radical (unpaired) electrons. The van der Waals surface area contributed by atoms with Gasteiger partial charge in [-0.15, -0.1) is 0 Å². The Hall–Kier alpha value is -2.18. The SMILES string of the molecule is CCn1c(CN2CCCCCC2)nc2cc(NC(=O)c3cccc(Br)c3)ccc21. The van der Waals surface area contributed by atoms with E-state index in [9.17, 15) is 4.79 Å². The maximum Gasteiger partial charge on any atom is 0.255 e. The number of nitrogens with one attached hydrogen (secondary N) is 1. The van der Waals surface area contributed by atoms with Crippen LogP contribution in [0.3, 0.4) is 0 Å². The number of anilines is 1. The third-order valence-electron chi connectivity index (χ3n) is 5.55. The highest BCUT2D eigenvalue weighted by atomic mass is 79.9. The highest BCUT2D eigenvalue weighted by Crippen LogP contribution is 2.23. The standard InChI is InChI=1S/C23H27BrN4O/c1-2-28-21-11-10-19(25-23(29)17-8-7-9-18(24)14-17)15-20(21)26-22(28)16-27-12-5-3-4-6-13-27/h7-11,14-15H,2-6,12-13,16H2,1H3,(H,25,29). The maximum absolute atomic E-state index is 12.6. The van der Waals surface area contributed by atoms with Crippen molar-refractivity contribution in [3.05, 3.63) is 58.3 Å². The summed E-state index contributed by atoms with van der Waals surface area (Å²) >= 11 is 3.42. The second-order valence-electron chi connectivity index (χ2n) is 7.63. The summed E-state index contributed by atoms with van der Waals surface area (Å²) in [6.07, 6.45) is 5.22. The summed E-state index contributed by atoms with van der Waals surface area (Å²) in [5.74, 6) is 0.991. The predicted octanol–water partition coefficient (Wildman–Crippen LogP) is 5.45. The van der Waals surface area contributed by atoms with Crippen LogP contribution in [0.25, 0.3) is 11.0 Å². The van der Waals surface area contributed by atoms with Gasteiger partial charge >= 0.3 is 0 Å². The third-order valence-corrected chi connectivity index (χ3v) is 6.05. The molecule has 152 valence electrons. The molecule has 2 heterocycles. The van der Waals surface area contributed by atoms with Gasteiger partial charge in [0, 0.05) is 22.3 Å². The largest absolute Gasteiger partial charge is 0.327 e. The van der Waals surface area contributed by atoms with Crippen LogP contribution in [0.15, 0.2) is 46.9 Å². The molecule has 29 heavy (non-hydrogen) atoms. The van der Waals surface area contributed by atoms with Crippen LogP contribution in [0.4, 0.5) is 5.69 Å². The first-order valence-corrected chi connectivity index (χ1v) is 11.2. The first-order chi connectivity index (χ1) is 14.1. The number of aryl methyl sites for hydroxylation is 1. The zero-order chi connectivity index (χ0) is 20.2. The number of aromatic nitrogens is 2. The lowest BCUT2D eigenvalue weighted by Gasteiger charge is -2.19. The normalized spacial score (nSPS) is 15.4. The van der Waals surface area contributed by atoms with E-state index in [2.05, 4.69) is 43.7 Å². The van der Waals surface area contributed by atoms with Crippen molar-refractivity contribution in [2.75, 3.05) is 18.4 Å². The van der Waals surface area contributed by atoms with Gasteiger partial charge in [-0.2, -0.15) is 0 Å². The Morgan fingerprint density at radius 2 is 1.90 bits per heavy atom. The van der Waals surface area contributed by atoms with E-state index in [1.54, 1.807) is 0 Å². The number of imidazole rings is 1. The van der Waals surface area contributed by atoms with Crippen LogP contribution >= 0.6 is 15.9 Å². The topological polar surface area (TPSA) is 50.2 Å². The molecule has 1 aromatic heterocycles. The molecule has 1 amide bonds. The molecule has 0 bridgehead atoms. The van der Waals surface area contributed by atoms with Crippen LogP contribution in [0.5, 0.6) is 0 Å². The van der Waals surface area contributed by atoms with Crippen LogP contribution in [0.2, 0.25) is 0 Å². The number of carbonyl (C=O) groups is 1. The Kier molecular flexibility index (Phi) is 6.31. The average molecular weight is 455 g/mol. The molecule has 4 rings (SSSR count). The molecule has 3 aromatic rings. The van der Waals surface area contributed by atoms with Crippen molar-refractivity contribution in [2.24, 2.45) is 0 Å². The number of carbonyl (C=O) groups excluding carboxylic acids is 1. The molecule has 0 unspecified atom stereocenters. The lowest BCUT2D eigenvalue weighted by Crippen LogP contribution is -2.25. The molecular formula is C23H27BrN4O. The fraction of sp³-hybridized carbons (Fsp3) is 0.391. The minimum absolute atomic E-state index is 0.120. The number of likely N-dealkylation sites (tertiary alicyclic amines) is 1. The molecule has 0 spiro atoms. The predicted molar refractivity (Wildman–Crippen MR) is 121 cm³/mol. The van der Waals surface area contributed by atoms with Gasteiger partial charge in [0.25, 0.3) is 5.91 Å². The summed E-state index contributed by atoms with van der Waals surface area (Å²) in [4.78, 5) is 20.0. The van der Waals surface area contributed by atoms with Crippen molar-refractivity contribution >= 4 is 38.6 Å². The van der Waals surface area contributed by atoms with Gasteiger partial charge < -0.3 is 9.88 Å². The first-order valence-electron chi connectivity index (χ1n) is 10.4. The minimum Gasteiger partial charge on any atom is -0.327 e. The highest BCUT2D eigenvalue weighted by Gasteiger charge is 2.16. The number of nitrogens with zero attached hydrogens (tertiary/aromatic N) is 3. The van der Waals surface area contributed by atoms with Crippen molar-refractivity contribution in [3.8, 4) is 0 Å². The van der Waals surface area contributed by atoms with Crippen LogP contribution in [0.1, 0.15) is 48.8 Å². The van der Waals surface area contributed by atoms with Crippen LogP contribution in [0, 0.1) is 0 Å². The quantitative estimate of drug-likeness (QED) is 0.557. The molecule has 1 aliphatic heterocycles. The number of amides is 1. The summed E-state index contributed by atoms with van der Waals surface area (Å²) in [7, 11) is 0. The lowest BCUT2D eigenvalue weighted by atomic mass is 10.2. The molecule has 0 saturated carbocycles. The molecule has 1 aliphatic rings. The summed E-state index contributed by atoms with van der Waals surface area (Å²) in [6.45, 7) is 6.25. The van der Waals surface area contributed by atoms with E-state index in [1.807, 2.05) is 36.4 Å². The van der Waals surface area contributed by atoms with E-state index in [4.69, 9.17) is 4.98 Å². The van der Waals surface area contributed by atoms with Gasteiger partial charge in [-0.05, 0) is 69.3 Å². The minimum atomic E-state index is -0.120. The van der Waals surface area contributed by atoms with Crippen LogP contribution in [-0.4, -0.2) is 33.4 Å². The van der Waals surface area contributed by atoms with Gasteiger partial charge in [-0.1, -0.05) is 34.8 Å². The van der Waals surface area contributed by atoms with Gasteiger partial charge in [0.2, 0.25) is 0 Å². The molecule has 1 N–H and O–H groups in total. The number of hydrogen-bond donors (Lipinski definition) is 1. The molecule has 0 atom stereocenters. The first kappa shape index (κ1) is 20.1. The zero-order valence-corrected chi connectivity index (χ0v) is 18.4. The van der Waals surface area contributed by atoms with E-state index in [0.717, 1.165) is 53.2 Å². The van der Waals surface area contributed by atoms with E-state index >= 15 is 0 Å². The summed E-state index contributed by atoms with van der Waals surface area (Å²) in [5.41, 5.74) is 3.45. The summed E-state index contributed by atoms with van der Waals surface area (Å²) in [6, 6.07) is 13.4. The molecular weight excluding hydrogens is 428 g/mol. The van der Waals surface area contributed by atoms with Crippen molar-refractivity contribution < 1.29 is 4.79 Å². The van der Waals surface area contributed by atoms with E-state index in [-0.39, 0.29) is 5.91 Å². The van der Waals surface area contributed by atoms with E-state index in [0.29, 0.717) is 5.56 Å². The number of hydrogen-bond acceptors (Lipinski definition) is 3. The Morgan fingerprint density at radius 1 is 1.10 bits per heavy atom. The second-order valence-corrected chi connectivity index (χ2v) is 8.55. The Balaban J connectivity index is 1.56. The monoisotopic (exact) mass is 454 g/mol. The molecule has 2 aromatic carbocycles. The fourth-order valence-corrected chi connectivity index (χ4v) is 4.46. The summed E-state index contributed by atoms with van der Waals surface area (Å²) in [5, 5.41) is 2.99. The van der Waals surface area contributed by atoms with Gasteiger partial charge in [-0.25, -0.2) is 4.98 Å². The van der Waals surface area contributed by atoms with Gasteiger partial charge in [0.1, 0.15) is 5.82 Å². The number of halogens is 1. The molecule has 1 fully saturated rings. The summed E-state index contributed by atoms with van der Waals surface area (Å²) < 4.78 is 3.18. The van der Waals surface area contributed by atoms with Crippen molar-refractivity contribution in [1.29, 1.82) is 0 Å². The van der Waals surface area contributed by atoms with E-state index < -0.39 is 0 Å². The fourth-order valence-electron chi connectivity index (χ4n) is 4.06. The number of benzene rings is 2. The van der Waals surface area contributed by atoms with Crippen molar-refractivity contribution in [1.82, 2.24) is 14.5 Å². The van der Waals surface area contributed by atoms with Gasteiger partial charge in [0.15, 0.2) is 0 Å². The third kappa shape index (κ3) is 4.70. The highest BCUT2D eigenvalue weighted by molar-refractivity contribution is 9.10. The van der Waals surface area contributed by atoms with Crippen molar-refractivity contribution in [2.45, 2.75) is 45.7 Å². The van der Waals surface area contributed by atoms with Crippen molar-refractivity contribution in [3.63, 3.8) is 0 Å². The average Bonchev–Trinajstić information content (AvgIpc) is 2.86. The number of rotatable bonds is 5. The molecule has 6 heteroatoms. The van der Waals surface area contributed by atoms with E-state index in [1.165, 1.54) is 25.7 Å². The van der Waals surface area contributed by atoms with Crippen LogP contribution < -0.4 is 5.32 Å². The second kappa shape index (κ2) is 9.09.